The van der Waals surface area contributed by atoms with Gasteiger partial charge in [-0.25, -0.2) is 4.79 Å². The first-order valence-corrected chi connectivity index (χ1v) is 7.90. The van der Waals surface area contributed by atoms with Gasteiger partial charge in [0.1, 0.15) is 5.60 Å². The second kappa shape index (κ2) is 7.08. The Balaban J connectivity index is 2.01. The standard InChI is InChI=1S/C17H27N3O3/c1-17(2,3)23-16(21)20-9-7-19(8-10-20)15-6-5-14(18)11-13(15)12-22-4/h5-6,11H,7-10,12,18H2,1-4H3. The van der Waals surface area contributed by atoms with Crippen LogP contribution in [0, 0.1) is 0 Å². The molecule has 128 valence electrons. The number of hydrogen-bond acceptors (Lipinski definition) is 5. The van der Waals surface area contributed by atoms with Crippen LogP contribution in [0.4, 0.5) is 16.2 Å². The van der Waals surface area contributed by atoms with Crippen molar-refractivity contribution in [3.8, 4) is 0 Å². The van der Waals surface area contributed by atoms with Crippen LogP contribution in [0.1, 0.15) is 26.3 Å². The van der Waals surface area contributed by atoms with Gasteiger partial charge in [0.15, 0.2) is 0 Å². The summed E-state index contributed by atoms with van der Waals surface area (Å²) in [6.07, 6.45) is -0.244. The van der Waals surface area contributed by atoms with Crippen molar-refractivity contribution in [2.45, 2.75) is 33.0 Å². The van der Waals surface area contributed by atoms with Crippen LogP contribution in [-0.4, -0.2) is 49.9 Å². The molecule has 6 heteroatoms. The first-order valence-electron chi connectivity index (χ1n) is 7.90. The van der Waals surface area contributed by atoms with E-state index in [1.54, 1.807) is 12.0 Å². The first kappa shape index (κ1) is 17.4. The highest BCUT2D eigenvalue weighted by molar-refractivity contribution is 5.69. The van der Waals surface area contributed by atoms with E-state index in [-0.39, 0.29) is 6.09 Å². The summed E-state index contributed by atoms with van der Waals surface area (Å²) in [6.45, 7) is 8.98. The van der Waals surface area contributed by atoms with Crippen LogP contribution in [0.2, 0.25) is 0 Å². The molecule has 0 bridgehead atoms. The Morgan fingerprint density at radius 2 is 1.87 bits per heavy atom. The monoisotopic (exact) mass is 321 g/mol. The molecule has 1 aliphatic rings. The van der Waals surface area contributed by atoms with E-state index in [0.29, 0.717) is 19.7 Å². The van der Waals surface area contributed by atoms with Crippen molar-refractivity contribution in [3.05, 3.63) is 23.8 Å². The number of nitrogen functional groups attached to an aromatic ring is 1. The number of nitrogens with zero attached hydrogens (tertiary/aromatic N) is 2. The van der Waals surface area contributed by atoms with Gasteiger partial charge in [-0.2, -0.15) is 0 Å². The van der Waals surface area contributed by atoms with Crippen LogP contribution >= 0.6 is 0 Å². The highest BCUT2D eigenvalue weighted by Crippen LogP contribution is 2.25. The smallest absolute Gasteiger partial charge is 0.410 e. The lowest BCUT2D eigenvalue weighted by Crippen LogP contribution is -2.50. The van der Waals surface area contributed by atoms with Crippen LogP contribution in [0.5, 0.6) is 0 Å². The number of nitrogens with two attached hydrogens (primary N) is 1. The number of anilines is 2. The largest absolute Gasteiger partial charge is 0.444 e. The van der Waals surface area contributed by atoms with Crippen molar-refractivity contribution in [2.24, 2.45) is 0 Å². The van der Waals surface area contributed by atoms with Crippen LogP contribution < -0.4 is 10.6 Å². The predicted octanol–water partition coefficient (Wildman–Crippen LogP) is 2.47. The van der Waals surface area contributed by atoms with Gasteiger partial charge in [-0.3, -0.25) is 0 Å². The normalized spacial score (nSPS) is 15.7. The first-order chi connectivity index (χ1) is 10.8. The molecule has 1 aromatic carbocycles. The minimum absolute atomic E-state index is 0.244. The fraction of sp³-hybridized carbons (Fsp3) is 0.588. The zero-order chi connectivity index (χ0) is 17.0. The summed E-state index contributed by atoms with van der Waals surface area (Å²) in [7, 11) is 1.67. The third-order valence-electron chi connectivity index (χ3n) is 3.68. The van der Waals surface area contributed by atoms with Gasteiger partial charge in [0, 0.05) is 50.2 Å². The summed E-state index contributed by atoms with van der Waals surface area (Å²) >= 11 is 0. The molecule has 23 heavy (non-hydrogen) atoms. The van der Waals surface area contributed by atoms with E-state index in [1.165, 1.54) is 0 Å². The molecule has 0 unspecified atom stereocenters. The zero-order valence-electron chi connectivity index (χ0n) is 14.5. The highest BCUT2D eigenvalue weighted by atomic mass is 16.6. The van der Waals surface area contributed by atoms with Crippen molar-refractivity contribution in [2.75, 3.05) is 43.9 Å². The second-order valence-electron chi connectivity index (χ2n) is 6.78. The molecule has 1 heterocycles. The topological polar surface area (TPSA) is 68.0 Å². The second-order valence-corrected chi connectivity index (χ2v) is 6.78. The van der Waals surface area contributed by atoms with Gasteiger partial charge in [-0.1, -0.05) is 0 Å². The Labute approximate surface area is 138 Å². The Morgan fingerprint density at radius 1 is 1.22 bits per heavy atom. The third-order valence-corrected chi connectivity index (χ3v) is 3.68. The molecule has 1 aromatic rings. The summed E-state index contributed by atoms with van der Waals surface area (Å²) in [4.78, 5) is 16.1. The summed E-state index contributed by atoms with van der Waals surface area (Å²) in [5.74, 6) is 0. The van der Waals surface area contributed by atoms with Gasteiger partial charge >= 0.3 is 6.09 Å². The molecule has 0 atom stereocenters. The number of ether oxygens (including phenoxy) is 2. The molecule has 1 fully saturated rings. The average Bonchev–Trinajstić information content (AvgIpc) is 2.46. The fourth-order valence-electron chi connectivity index (χ4n) is 2.64. The van der Waals surface area contributed by atoms with Crippen molar-refractivity contribution < 1.29 is 14.3 Å². The average molecular weight is 321 g/mol. The molecule has 0 radical (unpaired) electrons. The lowest BCUT2D eigenvalue weighted by atomic mass is 10.1. The maximum absolute atomic E-state index is 12.1. The fourth-order valence-corrected chi connectivity index (χ4v) is 2.64. The van der Waals surface area contributed by atoms with E-state index >= 15 is 0 Å². The minimum atomic E-state index is -0.461. The van der Waals surface area contributed by atoms with E-state index in [2.05, 4.69) is 4.90 Å². The summed E-state index contributed by atoms with van der Waals surface area (Å²) in [5, 5.41) is 0. The van der Waals surface area contributed by atoms with E-state index in [1.807, 2.05) is 39.0 Å². The molecule has 1 saturated heterocycles. The lowest BCUT2D eigenvalue weighted by Gasteiger charge is -2.37. The number of carbonyl (C=O) groups excluding carboxylic acids is 1. The maximum Gasteiger partial charge on any atom is 0.410 e. The van der Waals surface area contributed by atoms with Crippen LogP contribution in [0.25, 0.3) is 0 Å². The van der Waals surface area contributed by atoms with Crippen LogP contribution in [0.15, 0.2) is 18.2 Å². The molecule has 1 aliphatic heterocycles. The van der Waals surface area contributed by atoms with Gasteiger partial charge in [0.25, 0.3) is 0 Å². The van der Waals surface area contributed by atoms with Gasteiger partial charge < -0.3 is 25.0 Å². The van der Waals surface area contributed by atoms with Crippen molar-refractivity contribution in [1.82, 2.24) is 4.90 Å². The number of carbonyl (C=O) groups is 1. The molecular formula is C17H27N3O3. The molecule has 2 rings (SSSR count). The van der Waals surface area contributed by atoms with Crippen LogP contribution in [-0.2, 0) is 16.1 Å². The zero-order valence-corrected chi connectivity index (χ0v) is 14.5. The number of methoxy groups -OCH3 is 1. The predicted molar refractivity (Wildman–Crippen MR) is 91.6 cm³/mol. The van der Waals surface area contributed by atoms with Gasteiger partial charge in [0.05, 0.1) is 6.61 Å². The van der Waals surface area contributed by atoms with Crippen molar-refractivity contribution >= 4 is 17.5 Å². The molecule has 0 saturated carbocycles. The Kier molecular flexibility index (Phi) is 5.36. The van der Waals surface area contributed by atoms with E-state index in [4.69, 9.17) is 15.2 Å². The Hall–Kier alpha value is -1.95. The number of rotatable bonds is 3. The maximum atomic E-state index is 12.1. The minimum Gasteiger partial charge on any atom is -0.444 e. The summed E-state index contributed by atoms with van der Waals surface area (Å²) in [6, 6.07) is 5.86. The quantitative estimate of drug-likeness (QED) is 0.866. The van der Waals surface area contributed by atoms with Crippen molar-refractivity contribution in [3.63, 3.8) is 0 Å². The number of benzene rings is 1. The molecule has 0 aromatic heterocycles. The summed E-state index contributed by atoms with van der Waals surface area (Å²) in [5.41, 5.74) is 8.32. The number of amides is 1. The molecule has 6 nitrogen and oxygen atoms in total. The Bertz CT molecular complexity index is 547. The van der Waals surface area contributed by atoms with E-state index in [9.17, 15) is 4.79 Å². The van der Waals surface area contributed by atoms with E-state index < -0.39 is 5.60 Å². The van der Waals surface area contributed by atoms with Gasteiger partial charge in [-0.15, -0.1) is 0 Å². The highest BCUT2D eigenvalue weighted by Gasteiger charge is 2.26. The third kappa shape index (κ3) is 4.76. The van der Waals surface area contributed by atoms with Crippen LogP contribution in [0.3, 0.4) is 0 Å². The molecule has 0 spiro atoms. The number of hydrogen-bond donors (Lipinski definition) is 1. The van der Waals surface area contributed by atoms with Gasteiger partial charge in [-0.05, 0) is 39.0 Å². The SMILES string of the molecule is COCc1cc(N)ccc1N1CCN(C(=O)OC(C)(C)C)CC1. The summed E-state index contributed by atoms with van der Waals surface area (Å²) < 4.78 is 10.7. The van der Waals surface area contributed by atoms with E-state index in [0.717, 1.165) is 30.0 Å². The number of piperazine rings is 1. The molecular weight excluding hydrogens is 294 g/mol. The Morgan fingerprint density at radius 3 is 2.43 bits per heavy atom. The van der Waals surface area contributed by atoms with Crippen molar-refractivity contribution in [1.29, 1.82) is 0 Å². The molecule has 2 N–H and O–H groups in total. The van der Waals surface area contributed by atoms with Gasteiger partial charge in [0.2, 0.25) is 0 Å². The molecule has 1 amide bonds. The lowest BCUT2D eigenvalue weighted by molar-refractivity contribution is 0.0240. The molecule has 0 aliphatic carbocycles.